The van der Waals surface area contributed by atoms with E-state index in [2.05, 4.69) is 20.5 Å². The van der Waals surface area contributed by atoms with Crippen molar-refractivity contribution in [2.24, 2.45) is 5.41 Å². The zero-order valence-corrected chi connectivity index (χ0v) is 8.92. The van der Waals surface area contributed by atoms with Crippen molar-refractivity contribution in [3.05, 3.63) is 6.33 Å². The lowest BCUT2D eigenvalue weighted by atomic mass is 9.75. The number of hydrogen-bond donors (Lipinski definition) is 2. The van der Waals surface area contributed by atoms with Crippen LogP contribution in [0.4, 0.5) is 5.95 Å². The lowest BCUT2D eigenvalue weighted by Crippen LogP contribution is -2.35. The third kappa shape index (κ3) is 2.16. The van der Waals surface area contributed by atoms with Crippen molar-refractivity contribution < 1.29 is 4.79 Å². The van der Waals surface area contributed by atoms with Crippen LogP contribution in [0.25, 0.3) is 0 Å². The minimum Gasteiger partial charge on any atom is -0.294 e. The monoisotopic (exact) mass is 208 g/mol. The topological polar surface area (TPSA) is 70.7 Å². The van der Waals surface area contributed by atoms with E-state index in [1.54, 1.807) is 0 Å². The molecule has 1 aliphatic rings. The molecular weight excluding hydrogens is 192 g/mol. The molecule has 82 valence electrons. The number of H-pyrrole nitrogens is 1. The standard InChI is InChI=1S/C10H16N4O/c1-10(5-3-2-4-6-10)8(15)13-9-11-7-12-14-9/h7H,2-6H2,1H3,(H2,11,12,13,14,15). The Bertz CT molecular complexity index is 327. The average molecular weight is 208 g/mol. The maximum Gasteiger partial charge on any atom is 0.232 e. The van der Waals surface area contributed by atoms with Gasteiger partial charge in [-0.2, -0.15) is 10.1 Å². The van der Waals surface area contributed by atoms with E-state index in [0.717, 1.165) is 25.7 Å². The van der Waals surface area contributed by atoms with Gasteiger partial charge >= 0.3 is 0 Å². The van der Waals surface area contributed by atoms with Crippen LogP contribution in [0.3, 0.4) is 0 Å². The summed E-state index contributed by atoms with van der Waals surface area (Å²) in [5.74, 6) is 0.491. The highest BCUT2D eigenvalue weighted by Gasteiger charge is 2.34. The van der Waals surface area contributed by atoms with Gasteiger partial charge in [-0.3, -0.25) is 10.1 Å². The Balaban J connectivity index is 2.00. The summed E-state index contributed by atoms with van der Waals surface area (Å²) in [5, 5.41) is 9.09. The van der Waals surface area contributed by atoms with E-state index in [1.165, 1.54) is 12.7 Å². The van der Waals surface area contributed by atoms with Gasteiger partial charge in [-0.15, -0.1) is 0 Å². The zero-order valence-electron chi connectivity index (χ0n) is 8.92. The number of anilines is 1. The summed E-state index contributed by atoms with van der Waals surface area (Å²) in [7, 11) is 0. The molecule has 0 saturated heterocycles. The molecule has 0 aliphatic heterocycles. The predicted octanol–water partition coefficient (Wildman–Crippen LogP) is 1.71. The molecule has 0 aromatic carbocycles. The van der Waals surface area contributed by atoms with Gasteiger partial charge in [0.1, 0.15) is 6.33 Å². The third-order valence-corrected chi connectivity index (χ3v) is 3.15. The van der Waals surface area contributed by atoms with E-state index in [4.69, 9.17) is 0 Å². The predicted molar refractivity (Wildman–Crippen MR) is 56.2 cm³/mol. The van der Waals surface area contributed by atoms with Gasteiger partial charge in [-0.1, -0.05) is 26.2 Å². The van der Waals surface area contributed by atoms with Gasteiger partial charge in [-0.05, 0) is 12.8 Å². The van der Waals surface area contributed by atoms with Crippen molar-refractivity contribution in [2.45, 2.75) is 39.0 Å². The SMILES string of the molecule is CC1(C(=O)Nc2ncn[nH]2)CCCCC1. The molecule has 1 heterocycles. The average Bonchev–Trinajstić information content (AvgIpc) is 2.71. The van der Waals surface area contributed by atoms with Gasteiger partial charge in [0.25, 0.3) is 0 Å². The highest BCUT2D eigenvalue weighted by atomic mass is 16.2. The Kier molecular flexibility index (Phi) is 2.70. The molecule has 0 unspecified atom stereocenters. The summed E-state index contributed by atoms with van der Waals surface area (Å²) in [4.78, 5) is 15.9. The molecule has 0 bridgehead atoms. The van der Waals surface area contributed by atoms with Gasteiger partial charge in [0.2, 0.25) is 11.9 Å². The first-order chi connectivity index (χ1) is 7.21. The van der Waals surface area contributed by atoms with E-state index >= 15 is 0 Å². The largest absolute Gasteiger partial charge is 0.294 e. The van der Waals surface area contributed by atoms with E-state index in [1.807, 2.05) is 6.92 Å². The Morgan fingerprint density at radius 2 is 2.20 bits per heavy atom. The molecule has 1 aromatic heterocycles. The van der Waals surface area contributed by atoms with Crippen molar-refractivity contribution in [1.82, 2.24) is 15.2 Å². The van der Waals surface area contributed by atoms with Gasteiger partial charge in [-0.25, -0.2) is 5.10 Å². The van der Waals surface area contributed by atoms with Crippen molar-refractivity contribution in [2.75, 3.05) is 5.32 Å². The highest BCUT2D eigenvalue weighted by molar-refractivity contribution is 5.93. The number of nitrogens with one attached hydrogen (secondary N) is 2. The third-order valence-electron chi connectivity index (χ3n) is 3.15. The Morgan fingerprint density at radius 3 is 2.80 bits per heavy atom. The molecule has 1 amide bonds. The first-order valence-corrected chi connectivity index (χ1v) is 5.37. The van der Waals surface area contributed by atoms with Gasteiger partial charge in [0.15, 0.2) is 0 Å². The quantitative estimate of drug-likeness (QED) is 0.777. The molecule has 1 saturated carbocycles. The van der Waals surface area contributed by atoms with Crippen molar-refractivity contribution >= 4 is 11.9 Å². The van der Waals surface area contributed by atoms with Crippen LogP contribution < -0.4 is 5.32 Å². The fourth-order valence-corrected chi connectivity index (χ4v) is 2.08. The molecule has 0 atom stereocenters. The number of amides is 1. The van der Waals surface area contributed by atoms with Gasteiger partial charge < -0.3 is 0 Å². The van der Waals surface area contributed by atoms with Crippen LogP contribution in [0.5, 0.6) is 0 Å². The van der Waals surface area contributed by atoms with E-state index in [9.17, 15) is 4.79 Å². The molecule has 0 spiro atoms. The molecule has 2 rings (SSSR count). The second-order valence-electron chi connectivity index (χ2n) is 4.41. The Labute approximate surface area is 88.7 Å². The molecule has 1 fully saturated rings. The lowest BCUT2D eigenvalue weighted by molar-refractivity contribution is -0.126. The lowest BCUT2D eigenvalue weighted by Gasteiger charge is -2.31. The number of nitrogens with zero attached hydrogens (tertiary/aromatic N) is 2. The summed E-state index contributed by atoms with van der Waals surface area (Å²) in [6.07, 6.45) is 6.84. The van der Waals surface area contributed by atoms with Crippen molar-refractivity contribution in [1.29, 1.82) is 0 Å². The second kappa shape index (κ2) is 4.00. The summed E-state index contributed by atoms with van der Waals surface area (Å²) in [6.45, 7) is 2.03. The number of carbonyl (C=O) groups excluding carboxylic acids is 1. The van der Waals surface area contributed by atoms with Crippen LogP contribution in [0.15, 0.2) is 6.33 Å². The summed E-state index contributed by atoms with van der Waals surface area (Å²) < 4.78 is 0. The van der Waals surface area contributed by atoms with Crippen LogP contribution >= 0.6 is 0 Å². The van der Waals surface area contributed by atoms with Crippen LogP contribution in [0.2, 0.25) is 0 Å². The van der Waals surface area contributed by atoms with E-state index in [0.29, 0.717) is 5.95 Å². The second-order valence-corrected chi connectivity index (χ2v) is 4.41. The van der Waals surface area contributed by atoms with Gasteiger partial charge in [0, 0.05) is 5.41 Å². The number of carbonyl (C=O) groups is 1. The number of hydrogen-bond acceptors (Lipinski definition) is 3. The molecule has 5 heteroatoms. The normalized spacial score (nSPS) is 19.8. The number of aromatic amines is 1. The zero-order chi connectivity index (χ0) is 10.7. The molecule has 1 aliphatic carbocycles. The fourth-order valence-electron chi connectivity index (χ4n) is 2.08. The summed E-state index contributed by atoms with van der Waals surface area (Å²) in [5.41, 5.74) is -0.231. The smallest absolute Gasteiger partial charge is 0.232 e. The minimum absolute atomic E-state index is 0.0546. The van der Waals surface area contributed by atoms with Crippen molar-refractivity contribution in [3.8, 4) is 0 Å². The molecule has 5 nitrogen and oxygen atoms in total. The van der Waals surface area contributed by atoms with Crippen LogP contribution in [0, 0.1) is 5.41 Å². The number of rotatable bonds is 2. The summed E-state index contributed by atoms with van der Waals surface area (Å²) in [6, 6.07) is 0. The van der Waals surface area contributed by atoms with E-state index in [-0.39, 0.29) is 11.3 Å². The Morgan fingerprint density at radius 1 is 1.47 bits per heavy atom. The highest BCUT2D eigenvalue weighted by Crippen LogP contribution is 2.36. The number of aromatic nitrogens is 3. The first kappa shape index (κ1) is 10.1. The molecule has 0 radical (unpaired) electrons. The first-order valence-electron chi connectivity index (χ1n) is 5.37. The van der Waals surface area contributed by atoms with Crippen molar-refractivity contribution in [3.63, 3.8) is 0 Å². The van der Waals surface area contributed by atoms with Crippen LogP contribution in [0.1, 0.15) is 39.0 Å². The molecule has 15 heavy (non-hydrogen) atoms. The minimum atomic E-state index is -0.231. The van der Waals surface area contributed by atoms with E-state index < -0.39 is 0 Å². The molecule has 1 aromatic rings. The van der Waals surface area contributed by atoms with Gasteiger partial charge in [0.05, 0.1) is 0 Å². The van der Waals surface area contributed by atoms with Crippen LogP contribution in [-0.2, 0) is 4.79 Å². The Hall–Kier alpha value is -1.39. The molecule has 2 N–H and O–H groups in total. The maximum atomic E-state index is 12.0. The fraction of sp³-hybridized carbons (Fsp3) is 0.700. The molecular formula is C10H16N4O. The maximum absolute atomic E-state index is 12.0. The van der Waals surface area contributed by atoms with Crippen LogP contribution in [-0.4, -0.2) is 21.1 Å². The summed E-state index contributed by atoms with van der Waals surface area (Å²) >= 11 is 0.